The lowest BCUT2D eigenvalue weighted by Crippen LogP contribution is -1.94. The third kappa shape index (κ3) is 8.79. The van der Waals surface area contributed by atoms with Crippen molar-refractivity contribution >= 4 is 101 Å². The number of anilines is 1. The van der Waals surface area contributed by atoms with Crippen LogP contribution in [0.5, 0.6) is 0 Å². The lowest BCUT2D eigenvalue weighted by Gasteiger charge is -2.04. The van der Waals surface area contributed by atoms with Gasteiger partial charge in [-0.25, -0.2) is 9.97 Å². The van der Waals surface area contributed by atoms with E-state index in [1.807, 2.05) is 66.5 Å². The predicted molar refractivity (Wildman–Crippen MR) is 271 cm³/mol. The first-order chi connectivity index (χ1) is 31.0. The lowest BCUT2D eigenvalue weighted by atomic mass is 10.2. The molecule has 0 bridgehead atoms. The Kier molecular flexibility index (Phi) is 13.5. The molecule has 0 saturated carbocycles. The molecule has 4 heterocycles. The van der Waals surface area contributed by atoms with Crippen molar-refractivity contribution in [2.45, 2.75) is 13.3 Å². The molecule has 0 aliphatic heterocycles. The van der Waals surface area contributed by atoms with Crippen molar-refractivity contribution in [3.8, 4) is 11.4 Å². The van der Waals surface area contributed by atoms with Gasteiger partial charge in [-0.15, -0.1) is 0 Å². The van der Waals surface area contributed by atoms with E-state index in [9.17, 15) is 0 Å². The molecule has 0 aliphatic rings. The standard InChI is InChI=1S/2C19H13N3.C8H9Cl.C6H6ClN.CH3Br/c2*1-2-8-14(9-3-1)21-17-12-6-7-13-18(17)22-16-11-5-4-10-15(16)20-19(21)22;1-2-7-5-3-4-6-8(7)9;7-5-3-1-2-4-6(5)8;1-2/h2*1-13H;3-6H,2H2,1H3;1-4H,8H2;1H3. The summed E-state index contributed by atoms with van der Waals surface area (Å²) >= 11 is 14.3. The van der Waals surface area contributed by atoms with E-state index in [-0.39, 0.29) is 0 Å². The Labute approximate surface area is 384 Å². The molecular formula is C53H44BrCl2N7. The van der Waals surface area contributed by atoms with Crippen molar-refractivity contribution in [2.24, 2.45) is 0 Å². The van der Waals surface area contributed by atoms with E-state index in [1.54, 1.807) is 12.1 Å². The first-order valence-corrected chi connectivity index (χ1v) is 22.8. The molecule has 0 radical (unpaired) electrons. The molecule has 4 aromatic heterocycles. The first-order valence-electron chi connectivity index (χ1n) is 20.5. The molecule has 312 valence electrons. The second kappa shape index (κ2) is 19.9. The Morgan fingerprint density at radius 1 is 0.413 bits per heavy atom. The number of alkyl halides is 1. The minimum Gasteiger partial charge on any atom is -0.398 e. The van der Waals surface area contributed by atoms with Gasteiger partial charge in [-0.1, -0.05) is 161 Å². The van der Waals surface area contributed by atoms with E-state index in [4.69, 9.17) is 38.9 Å². The van der Waals surface area contributed by atoms with Crippen LogP contribution in [0.25, 0.3) is 67.1 Å². The van der Waals surface area contributed by atoms with Crippen LogP contribution >= 0.6 is 39.1 Å². The third-order valence-electron chi connectivity index (χ3n) is 10.5. The zero-order valence-corrected chi connectivity index (χ0v) is 37.8. The average molecular weight is 930 g/mol. The maximum atomic E-state index is 5.82. The lowest BCUT2D eigenvalue weighted by molar-refractivity contribution is 1.11. The molecule has 0 unspecified atom stereocenters. The summed E-state index contributed by atoms with van der Waals surface area (Å²) in [5.41, 5.74) is 18.5. The van der Waals surface area contributed by atoms with Crippen molar-refractivity contribution < 1.29 is 0 Å². The van der Waals surface area contributed by atoms with Crippen molar-refractivity contribution in [3.05, 3.63) is 222 Å². The first kappa shape index (κ1) is 42.8. The van der Waals surface area contributed by atoms with Crippen LogP contribution in [0.4, 0.5) is 5.69 Å². The zero-order chi connectivity index (χ0) is 43.7. The third-order valence-corrected chi connectivity index (χ3v) is 11.2. The molecule has 12 aromatic rings. The number of nitrogen functional groups attached to an aromatic ring is 1. The van der Waals surface area contributed by atoms with Gasteiger partial charge in [0.25, 0.3) is 0 Å². The van der Waals surface area contributed by atoms with Gasteiger partial charge < -0.3 is 5.73 Å². The van der Waals surface area contributed by atoms with Crippen LogP contribution in [0.2, 0.25) is 10.0 Å². The summed E-state index contributed by atoms with van der Waals surface area (Å²) in [6.07, 6.45) is 1.01. The van der Waals surface area contributed by atoms with Crippen molar-refractivity contribution in [2.75, 3.05) is 11.6 Å². The van der Waals surface area contributed by atoms with E-state index in [0.29, 0.717) is 10.7 Å². The highest BCUT2D eigenvalue weighted by Gasteiger charge is 2.17. The smallest absolute Gasteiger partial charge is 0.220 e. The Morgan fingerprint density at radius 3 is 1.14 bits per heavy atom. The second-order valence-corrected chi connectivity index (χ2v) is 15.1. The maximum absolute atomic E-state index is 5.82. The van der Waals surface area contributed by atoms with Gasteiger partial charge in [0.1, 0.15) is 0 Å². The van der Waals surface area contributed by atoms with Crippen molar-refractivity contribution in [3.63, 3.8) is 0 Å². The summed E-state index contributed by atoms with van der Waals surface area (Å²) in [6.45, 7) is 2.10. The topological polar surface area (TPSA) is 70.5 Å². The highest BCUT2D eigenvalue weighted by molar-refractivity contribution is 9.08. The summed E-state index contributed by atoms with van der Waals surface area (Å²) in [5.74, 6) is 3.72. The summed E-state index contributed by atoms with van der Waals surface area (Å²) in [6, 6.07) is 69.3. The molecular weight excluding hydrogens is 885 g/mol. The molecule has 0 aliphatic carbocycles. The molecule has 0 saturated heterocycles. The van der Waals surface area contributed by atoms with E-state index in [0.717, 1.165) is 56.4 Å². The van der Waals surface area contributed by atoms with Gasteiger partial charge in [0, 0.05) is 16.4 Å². The van der Waals surface area contributed by atoms with Crippen LogP contribution in [0.15, 0.2) is 206 Å². The van der Waals surface area contributed by atoms with E-state index >= 15 is 0 Å². The molecule has 0 spiro atoms. The van der Waals surface area contributed by atoms with Crippen LogP contribution in [0.1, 0.15) is 12.5 Å². The minimum absolute atomic E-state index is 0.618. The largest absolute Gasteiger partial charge is 0.398 e. The van der Waals surface area contributed by atoms with Gasteiger partial charge >= 0.3 is 0 Å². The number of halogens is 3. The second-order valence-electron chi connectivity index (χ2n) is 14.3. The van der Waals surface area contributed by atoms with Gasteiger partial charge in [0.2, 0.25) is 11.6 Å². The van der Waals surface area contributed by atoms with E-state index in [2.05, 4.69) is 174 Å². The summed E-state index contributed by atoms with van der Waals surface area (Å²) in [4.78, 5) is 9.71. The molecule has 10 heteroatoms. The highest BCUT2D eigenvalue weighted by Crippen LogP contribution is 2.30. The van der Waals surface area contributed by atoms with Crippen molar-refractivity contribution in [1.29, 1.82) is 0 Å². The summed E-state index contributed by atoms with van der Waals surface area (Å²) < 4.78 is 8.90. The van der Waals surface area contributed by atoms with Gasteiger partial charge in [-0.05, 0) is 109 Å². The summed E-state index contributed by atoms with van der Waals surface area (Å²) in [5, 5.41) is 1.49. The SMILES string of the molecule is CBr.CCc1ccccc1Cl.Nc1ccccc1Cl.c1ccc(-n2c3ccccc3n3c4ccccc4nc23)cc1.c1ccc(-n2c3ccccc3n3c4ccccc4nc23)cc1. The number of fused-ring (bicyclic) bond motifs is 10. The minimum atomic E-state index is 0.618. The van der Waals surface area contributed by atoms with Crippen LogP contribution in [-0.4, -0.2) is 33.7 Å². The fraction of sp³-hybridized carbons (Fsp3) is 0.0566. The number of rotatable bonds is 3. The monoisotopic (exact) mass is 927 g/mol. The number of para-hydroxylation sites is 11. The predicted octanol–water partition coefficient (Wildman–Crippen LogP) is 14.7. The van der Waals surface area contributed by atoms with Gasteiger partial charge in [0.15, 0.2) is 0 Å². The van der Waals surface area contributed by atoms with Crippen molar-refractivity contribution in [1.82, 2.24) is 27.9 Å². The number of benzene rings is 8. The quantitative estimate of drug-likeness (QED) is 0.142. The normalized spacial score (nSPS) is 10.7. The number of imidazole rings is 4. The number of hydrogen-bond acceptors (Lipinski definition) is 3. The zero-order valence-electron chi connectivity index (χ0n) is 34.7. The van der Waals surface area contributed by atoms with Crippen LogP contribution in [0, 0.1) is 0 Å². The van der Waals surface area contributed by atoms with Gasteiger partial charge in [0.05, 0.1) is 54.8 Å². The number of aromatic nitrogens is 6. The van der Waals surface area contributed by atoms with Crippen LogP contribution in [-0.2, 0) is 6.42 Å². The number of hydrogen-bond donors (Lipinski definition) is 1. The molecule has 63 heavy (non-hydrogen) atoms. The Hall–Kier alpha value is -6.84. The number of nitrogens with zero attached hydrogens (tertiary/aromatic N) is 6. The Bertz CT molecular complexity index is 3200. The van der Waals surface area contributed by atoms with Crippen LogP contribution < -0.4 is 5.73 Å². The molecule has 0 fully saturated rings. The number of nitrogens with two attached hydrogens (primary N) is 1. The number of aryl methyl sites for hydroxylation is 1. The Balaban J connectivity index is 0.000000124. The highest BCUT2D eigenvalue weighted by atomic mass is 79.9. The molecule has 0 atom stereocenters. The van der Waals surface area contributed by atoms with Gasteiger partial charge in [-0.3, -0.25) is 17.9 Å². The average Bonchev–Trinajstić information content (AvgIpc) is 4.09. The van der Waals surface area contributed by atoms with E-state index < -0.39 is 0 Å². The molecule has 12 rings (SSSR count). The molecule has 0 amide bonds. The molecule has 2 N–H and O–H groups in total. The van der Waals surface area contributed by atoms with Crippen LogP contribution in [0.3, 0.4) is 0 Å². The Morgan fingerprint density at radius 2 is 0.762 bits per heavy atom. The summed E-state index contributed by atoms with van der Waals surface area (Å²) in [7, 11) is 0. The fourth-order valence-electron chi connectivity index (χ4n) is 7.63. The van der Waals surface area contributed by atoms with Gasteiger partial charge in [-0.2, -0.15) is 0 Å². The molecule has 8 aromatic carbocycles. The van der Waals surface area contributed by atoms with E-state index in [1.165, 1.54) is 27.6 Å². The maximum Gasteiger partial charge on any atom is 0.220 e. The fourth-order valence-corrected chi connectivity index (χ4v) is 8.03. The molecule has 7 nitrogen and oxygen atoms in total.